The molecule has 2 aromatic rings. The van der Waals surface area contributed by atoms with Crippen LogP contribution in [0.15, 0.2) is 36.3 Å². The number of methoxy groups -OCH3 is 2. The van der Waals surface area contributed by atoms with Gasteiger partial charge in [-0.25, -0.2) is 0 Å². The Morgan fingerprint density at radius 3 is 2.58 bits per heavy atom. The van der Waals surface area contributed by atoms with Crippen LogP contribution in [0.1, 0.15) is 51.0 Å². The summed E-state index contributed by atoms with van der Waals surface area (Å²) >= 11 is 0. The lowest BCUT2D eigenvalue weighted by Gasteiger charge is -2.13. The highest BCUT2D eigenvalue weighted by atomic mass is 16.5. The molecule has 1 N–H and O–H groups in total. The summed E-state index contributed by atoms with van der Waals surface area (Å²) in [6.45, 7) is 2.37. The van der Waals surface area contributed by atoms with Gasteiger partial charge in [0, 0.05) is 5.48 Å². The summed E-state index contributed by atoms with van der Waals surface area (Å²) in [5, 5.41) is 10.5. The minimum atomic E-state index is -3.01. The molecule has 0 saturated heterocycles. The average Bonchev–Trinajstić information content (AvgIpc) is 2.82. The summed E-state index contributed by atoms with van der Waals surface area (Å²) in [7, 11) is 2.35. The van der Waals surface area contributed by atoms with Crippen LogP contribution in [0.25, 0.3) is 0 Å². The van der Waals surface area contributed by atoms with Crippen LogP contribution in [0.3, 0.4) is 0 Å². The molecule has 0 spiro atoms. The van der Waals surface area contributed by atoms with Crippen LogP contribution in [-0.2, 0) is 6.37 Å². The van der Waals surface area contributed by atoms with Crippen LogP contribution in [0.5, 0.6) is 17.2 Å². The third-order valence-electron chi connectivity index (χ3n) is 3.52. The topological polar surface area (TPSA) is 47.9 Å². The zero-order valence-corrected chi connectivity index (χ0v) is 15.3. The predicted octanol–water partition coefficient (Wildman–Crippen LogP) is 4.47. The van der Waals surface area contributed by atoms with E-state index < -0.39 is 62.0 Å². The van der Waals surface area contributed by atoms with Crippen molar-refractivity contribution in [3.05, 3.63) is 52.9 Å². The van der Waals surface area contributed by atoms with Gasteiger partial charge in [-0.2, -0.15) is 0 Å². The Morgan fingerprint density at radius 2 is 1.85 bits per heavy atom. The lowest BCUT2D eigenvalue weighted by molar-refractivity contribution is 0.0976. The monoisotopic (exact) mass is 369 g/mol. The second kappa shape index (κ2) is 10.1. The van der Waals surface area contributed by atoms with Gasteiger partial charge in [-0.15, -0.1) is 0 Å². The molecule has 0 amide bonds. The molecule has 4 heteroatoms. The van der Waals surface area contributed by atoms with Gasteiger partial charge in [0.1, 0.15) is 12.4 Å². The van der Waals surface area contributed by atoms with Crippen LogP contribution in [-0.4, -0.2) is 32.0 Å². The number of hydrogen-bond acceptors (Lipinski definition) is 4. The summed E-state index contributed by atoms with van der Waals surface area (Å²) in [4.78, 5) is 0. The van der Waals surface area contributed by atoms with Gasteiger partial charge in [-0.05, 0) is 73.9 Å². The fraction of sp³-hybridized carbons (Fsp3) is 0.455. The van der Waals surface area contributed by atoms with Crippen molar-refractivity contribution in [3.63, 3.8) is 0 Å². The first-order valence-corrected chi connectivity index (χ1v) is 8.00. The predicted molar refractivity (Wildman–Crippen MR) is 105 cm³/mol. The van der Waals surface area contributed by atoms with Gasteiger partial charge < -0.3 is 19.3 Å². The molecule has 2 aromatic carbocycles. The largest absolute Gasteiger partial charge is 0.493 e. The van der Waals surface area contributed by atoms with Gasteiger partial charge in [0.15, 0.2) is 11.5 Å². The first kappa shape index (κ1) is 9.65. The van der Waals surface area contributed by atoms with E-state index in [4.69, 9.17) is 29.3 Å². The van der Waals surface area contributed by atoms with Crippen molar-refractivity contribution < 1.29 is 34.4 Å². The fourth-order valence-electron chi connectivity index (χ4n) is 1.92. The number of hydrogen-bond donors (Lipinski definition) is 1. The number of aliphatic hydroxyl groups is 1. The highest BCUT2D eigenvalue weighted by Gasteiger charge is 2.07. The fourth-order valence-corrected chi connectivity index (χ4v) is 1.92. The number of rotatable bonds is 10. The minimum absolute atomic E-state index is 0.164. The molecule has 1 atom stereocenters. The van der Waals surface area contributed by atoms with Crippen LogP contribution < -0.4 is 14.2 Å². The van der Waals surface area contributed by atoms with Gasteiger partial charge in [-0.3, -0.25) is 0 Å². The summed E-state index contributed by atoms with van der Waals surface area (Å²) < 4.78 is 106. The molecule has 0 aliphatic rings. The molecule has 0 bridgehead atoms. The molecule has 26 heavy (non-hydrogen) atoms. The van der Waals surface area contributed by atoms with Gasteiger partial charge in [0.2, 0.25) is 0 Å². The van der Waals surface area contributed by atoms with Gasteiger partial charge >= 0.3 is 0 Å². The van der Waals surface area contributed by atoms with Crippen molar-refractivity contribution >= 4 is 0 Å². The molecule has 142 valence electrons. The van der Waals surface area contributed by atoms with E-state index in [-0.39, 0.29) is 35.4 Å². The average molecular weight is 370 g/mol. The summed E-state index contributed by atoms with van der Waals surface area (Å²) in [6.07, 6.45) is -9.70. The molecule has 0 aromatic heterocycles. The van der Waals surface area contributed by atoms with Crippen LogP contribution in [0, 0.1) is 13.8 Å². The van der Waals surface area contributed by atoms with Crippen molar-refractivity contribution in [2.24, 2.45) is 0 Å². The van der Waals surface area contributed by atoms with Crippen molar-refractivity contribution in [3.8, 4) is 17.2 Å². The zero-order valence-electron chi connectivity index (χ0n) is 26.3. The maximum atomic E-state index is 10.5. The Hall–Kier alpha value is -2.20. The molecule has 0 saturated carbocycles. The van der Waals surface area contributed by atoms with E-state index in [1.165, 1.54) is 7.11 Å². The van der Waals surface area contributed by atoms with E-state index in [9.17, 15) is 5.11 Å². The Labute approximate surface area is 172 Å². The Kier molecular flexibility index (Phi) is 3.74. The van der Waals surface area contributed by atoms with Gasteiger partial charge in [-0.1, -0.05) is 18.5 Å². The summed E-state index contributed by atoms with van der Waals surface area (Å²) in [6, 6.07) is -2.73. The molecule has 2 rings (SSSR count). The molecule has 0 fully saturated rings. The Bertz CT molecular complexity index is 1150. The van der Waals surface area contributed by atoms with Crippen LogP contribution >= 0.6 is 0 Å². The maximum absolute atomic E-state index is 10.5. The second-order valence-electron chi connectivity index (χ2n) is 5.43. The molecular formula is C22H30O4. The van der Waals surface area contributed by atoms with Crippen LogP contribution in [0.4, 0.5) is 0 Å². The van der Waals surface area contributed by atoms with Crippen molar-refractivity contribution in [1.82, 2.24) is 0 Å². The van der Waals surface area contributed by atoms with Gasteiger partial charge in [0.25, 0.3) is 0 Å². The van der Waals surface area contributed by atoms with Gasteiger partial charge in [0.05, 0.1) is 29.9 Å². The first-order chi connectivity index (χ1) is 16.9. The third-order valence-corrected chi connectivity index (χ3v) is 3.52. The SMILES string of the molecule is [2H]c1c([2H])c(OCC([2H])(O)CCC([2H])([2H])C([2H])([2H])c2c([2H])c([2H])c(OC)c(OC)c2[2H])c([2H])c(C)c1C. The lowest BCUT2D eigenvalue weighted by Crippen LogP contribution is -2.17. The molecule has 0 radical (unpaired) electrons. The molecule has 0 aliphatic heterocycles. The van der Waals surface area contributed by atoms with Crippen LogP contribution in [0.2, 0.25) is 0 Å². The van der Waals surface area contributed by atoms with E-state index >= 15 is 0 Å². The Morgan fingerprint density at radius 1 is 1.08 bits per heavy atom. The summed E-state index contributed by atoms with van der Waals surface area (Å²) in [5.41, 5.74) is 0.0864. The zero-order chi connectivity index (χ0) is 28.7. The minimum Gasteiger partial charge on any atom is -0.493 e. The quantitative estimate of drug-likeness (QED) is 0.671. The third kappa shape index (κ3) is 5.95. The van der Waals surface area contributed by atoms with Crippen molar-refractivity contribution in [1.29, 1.82) is 0 Å². The first-order valence-electron chi connectivity index (χ1n) is 13.5. The van der Waals surface area contributed by atoms with E-state index in [2.05, 4.69) is 0 Å². The summed E-state index contributed by atoms with van der Waals surface area (Å²) in [5.74, 6) is -0.897. The Balaban J connectivity index is 2.32. The van der Waals surface area contributed by atoms with E-state index in [0.717, 1.165) is 7.11 Å². The molecule has 4 nitrogen and oxygen atoms in total. The standard InChI is InChI=1S/C22H30O4/c1-16-9-11-20(13-17(16)2)26-15-19(23)8-6-5-7-18-10-12-21(24-3)22(14-18)25-4/h9-14,19,23H,5-8,15H2,1-4H3/i5D2,7D2,9D,10D,11D,12D,13D,14D,19D. The number of ether oxygens (including phenoxy) is 3. The molecule has 0 heterocycles. The lowest BCUT2D eigenvalue weighted by atomic mass is 10.0. The highest BCUT2D eigenvalue weighted by Crippen LogP contribution is 2.28. The van der Waals surface area contributed by atoms with E-state index in [1.807, 2.05) is 0 Å². The molecule has 1 unspecified atom stereocenters. The van der Waals surface area contributed by atoms with E-state index in [1.54, 1.807) is 13.8 Å². The smallest absolute Gasteiger partial charge is 0.160 e. The van der Waals surface area contributed by atoms with E-state index in [0.29, 0.717) is 11.1 Å². The molecule has 0 aliphatic carbocycles. The van der Waals surface area contributed by atoms with Crippen molar-refractivity contribution in [2.75, 3.05) is 20.8 Å². The number of benzene rings is 2. The highest BCUT2D eigenvalue weighted by molar-refractivity contribution is 5.42. The normalized spacial score (nSPS) is 20.3. The molecular weight excluding hydrogens is 328 g/mol. The van der Waals surface area contributed by atoms with Crippen molar-refractivity contribution in [2.45, 2.75) is 45.5 Å². The second-order valence-corrected chi connectivity index (χ2v) is 5.43. The maximum Gasteiger partial charge on any atom is 0.160 e.